The Morgan fingerprint density at radius 3 is 2.52 bits per heavy atom. The van der Waals surface area contributed by atoms with Gasteiger partial charge in [0.25, 0.3) is 0 Å². The van der Waals surface area contributed by atoms with E-state index in [1.807, 2.05) is 6.07 Å². The minimum absolute atomic E-state index is 0.0604. The molecule has 1 saturated heterocycles. The predicted octanol–water partition coefficient (Wildman–Crippen LogP) is 2.92. The lowest BCUT2D eigenvalue weighted by Gasteiger charge is -2.35. The topological polar surface area (TPSA) is 44.4 Å². The number of nitrogens with one attached hydrogen (secondary N) is 2. The van der Waals surface area contributed by atoms with Crippen LogP contribution in [0, 0.1) is 0 Å². The zero-order valence-electron chi connectivity index (χ0n) is 13.0. The fraction of sp³-hybridized carbons (Fsp3) is 0.588. The SMILES string of the molecule is CCCNC(=O)NCC(c1ccccc1)N1CCCCC1. The largest absolute Gasteiger partial charge is 0.338 e. The van der Waals surface area contributed by atoms with Gasteiger partial charge in [-0.05, 0) is 37.9 Å². The third kappa shape index (κ3) is 5.05. The second-order valence-electron chi connectivity index (χ2n) is 5.66. The van der Waals surface area contributed by atoms with Crippen molar-refractivity contribution in [2.45, 2.75) is 38.6 Å². The van der Waals surface area contributed by atoms with Crippen molar-refractivity contribution in [3.8, 4) is 0 Å². The van der Waals surface area contributed by atoms with Crippen LogP contribution in [0.4, 0.5) is 4.79 Å². The molecular weight excluding hydrogens is 262 g/mol. The number of urea groups is 1. The van der Waals surface area contributed by atoms with E-state index in [-0.39, 0.29) is 12.1 Å². The summed E-state index contributed by atoms with van der Waals surface area (Å²) in [5.74, 6) is 0. The van der Waals surface area contributed by atoms with Crippen LogP contribution in [0.3, 0.4) is 0 Å². The molecule has 4 nitrogen and oxygen atoms in total. The Hall–Kier alpha value is -1.55. The van der Waals surface area contributed by atoms with Crippen molar-refractivity contribution in [2.75, 3.05) is 26.2 Å². The number of hydrogen-bond acceptors (Lipinski definition) is 2. The Bertz CT molecular complexity index is 415. The van der Waals surface area contributed by atoms with Crippen LogP contribution in [0.2, 0.25) is 0 Å². The van der Waals surface area contributed by atoms with E-state index < -0.39 is 0 Å². The van der Waals surface area contributed by atoms with Gasteiger partial charge < -0.3 is 10.6 Å². The lowest BCUT2D eigenvalue weighted by molar-refractivity contribution is 0.160. The molecule has 1 unspecified atom stereocenters. The van der Waals surface area contributed by atoms with E-state index >= 15 is 0 Å². The maximum atomic E-state index is 11.8. The maximum Gasteiger partial charge on any atom is 0.314 e. The van der Waals surface area contributed by atoms with Gasteiger partial charge in [0.2, 0.25) is 0 Å². The van der Waals surface area contributed by atoms with E-state index in [2.05, 4.69) is 46.7 Å². The number of amides is 2. The minimum Gasteiger partial charge on any atom is -0.338 e. The molecule has 2 amide bonds. The molecule has 0 saturated carbocycles. The summed E-state index contributed by atoms with van der Waals surface area (Å²) < 4.78 is 0. The zero-order valence-corrected chi connectivity index (χ0v) is 13.0. The third-order valence-corrected chi connectivity index (χ3v) is 4.01. The summed E-state index contributed by atoms with van der Waals surface area (Å²) in [6, 6.07) is 10.7. The first-order valence-corrected chi connectivity index (χ1v) is 8.12. The van der Waals surface area contributed by atoms with Gasteiger partial charge in [0, 0.05) is 13.1 Å². The van der Waals surface area contributed by atoms with Crippen molar-refractivity contribution in [3.05, 3.63) is 35.9 Å². The summed E-state index contributed by atoms with van der Waals surface area (Å²) in [6.07, 6.45) is 4.79. The van der Waals surface area contributed by atoms with Crippen LogP contribution in [0.1, 0.15) is 44.2 Å². The summed E-state index contributed by atoms with van der Waals surface area (Å²) in [5, 5.41) is 5.90. The molecule has 1 atom stereocenters. The van der Waals surface area contributed by atoms with E-state index in [0.29, 0.717) is 6.54 Å². The van der Waals surface area contributed by atoms with E-state index in [9.17, 15) is 4.79 Å². The lowest BCUT2D eigenvalue weighted by Crippen LogP contribution is -2.43. The Morgan fingerprint density at radius 1 is 1.14 bits per heavy atom. The smallest absolute Gasteiger partial charge is 0.314 e. The van der Waals surface area contributed by atoms with E-state index in [0.717, 1.165) is 26.1 Å². The highest BCUT2D eigenvalue weighted by atomic mass is 16.2. The molecular formula is C17H27N3O. The molecule has 2 rings (SSSR count). The van der Waals surface area contributed by atoms with Crippen LogP contribution < -0.4 is 10.6 Å². The molecule has 1 aliphatic heterocycles. The monoisotopic (exact) mass is 289 g/mol. The van der Waals surface area contributed by atoms with Crippen molar-refractivity contribution in [2.24, 2.45) is 0 Å². The minimum atomic E-state index is -0.0604. The van der Waals surface area contributed by atoms with Crippen molar-refractivity contribution in [3.63, 3.8) is 0 Å². The molecule has 1 aromatic rings. The van der Waals surface area contributed by atoms with Gasteiger partial charge in [-0.1, -0.05) is 43.7 Å². The van der Waals surface area contributed by atoms with Crippen LogP contribution in [0.15, 0.2) is 30.3 Å². The van der Waals surface area contributed by atoms with Gasteiger partial charge in [0.15, 0.2) is 0 Å². The molecule has 0 aromatic heterocycles. The molecule has 4 heteroatoms. The highest BCUT2D eigenvalue weighted by Gasteiger charge is 2.22. The Morgan fingerprint density at radius 2 is 1.86 bits per heavy atom. The number of piperidine rings is 1. The Kier molecular flexibility index (Phi) is 6.54. The van der Waals surface area contributed by atoms with E-state index in [1.54, 1.807) is 0 Å². The number of benzene rings is 1. The molecule has 116 valence electrons. The van der Waals surface area contributed by atoms with Crippen LogP contribution in [-0.4, -0.2) is 37.1 Å². The van der Waals surface area contributed by atoms with Gasteiger partial charge in [-0.15, -0.1) is 0 Å². The van der Waals surface area contributed by atoms with E-state index in [4.69, 9.17) is 0 Å². The summed E-state index contributed by atoms with van der Waals surface area (Å²) >= 11 is 0. The van der Waals surface area contributed by atoms with Crippen molar-refractivity contribution in [1.82, 2.24) is 15.5 Å². The van der Waals surface area contributed by atoms with Gasteiger partial charge in [-0.2, -0.15) is 0 Å². The third-order valence-electron chi connectivity index (χ3n) is 4.01. The first-order valence-electron chi connectivity index (χ1n) is 8.12. The highest BCUT2D eigenvalue weighted by Crippen LogP contribution is 2.23. The fourth-order valence-electron chi connectivity index (χ4n) is 2.85. The second-order valence-corrected chi connectivity index (χ2v) is 5.66. The van der Waals surface area contributed by atoms with Gasteiger partial charge in [-0.3, -0.25) is 4.90 Å². The molecule has 21 heavy (non-hydrogen) atoms. The number of hydrogen-bond donors (Lipinski definition) is 2. The fourth-order valence-corrected chi connectivity index (χ4v) is 2.85. The van der Waals surface area contributed by atoms with Crippen molar-refractivity contribution >= 4 is 6.03 Å². The predicted molar refractivity (Wildman–Crippen MR) is 86.3 cm³/mol. The summed E-state index contributed by atoms with van der Waals surface area (Å²) in [6.45, 7) is 5.70. The molecule has 2 N–H and O–H groups in total. The molecule has 0 radical (unpaired) electrons. The van der Waals surface area contributed by atoms with Crippen LogP contribution in [0.25, 0.3) is 0 Å². The van der Waals surface area contributed by atoms with Crippen molar-refractivity contribution < 1.29 is 4.79 Å². The molecule has 1 heterocycles. The second kappa shape index (κ2) is 8.67. The average Bonchev–Trinajstić information content (AvgIpc) is 2.55. The zero-order chi connectivity index (χ0) is 14.9. The maximum absolute atomic E-state index is 11.8. The molecule has 0 spiro atoms. The molecule has 0 aliphatic carbocycles. The summed E-state index contributed by atoms with van der Waals surface area (Å²) in [4.78, 5) is 14.3. The Labute approximate surface area is 127 Å². The molecule has 0 bridgehead atoms. The lowest BCUT2D eigenvalue weighted by atomic mass is 10.0. The quantitative estimate of drug-likeness (QED) is 0.845. The molecule has 1 aromatic carbocycles. The van der Waals surface area contributed by atoms with Crippen LogP contribution >= 0.6 is 0 Å². The van der Waals surface area contributed by atoms with Gasteiger partial charge in [0.05, 0.1) is 6.04 Å². The summed E-state index contributed by atoms with van der Waals surface area (Å²) in [5.41, 5.74) is 1.29. The highest BCUT2D eigenvalue weighted by molar-refractivity contribution is 5.73. The number of carbonyl (C=O) groups is 1. The molecule has 1 fully saturated rings. The number of likely N-dealkylation sites (tertiary alicyclic amines) is 1. The first-order chi connectivity index (χ1) is 10.3. The van der Waals surface area contributed by atoms with Crippen molar-refractivity contribution in [1.29, 1.82) is 0 Å². The first kappa shape index (κ1) is 15.8. The van der Waals surface area contributed by atoms with Crippen LogP contribution in [-0.2, 0) is 0 Å². The molecule has 1 aliphatic rings. The Balaban J connectivity index is 1.97. The van der Waals surface area contributed by atoms with Gasteiger partial charge >= 0.3 is 6.03 Å². The number of nitrogens with zero attached hydrogens (tertiary/aromatic N) is 1. The number of carbonyl (C=O) groups excluding carboxylic acids is 1. The van der Waals surface area contributed by atoms with Gasteiger partial charge in [-0.25, -0.2) is 4.79 Å². The summed E-state index contributed by atoms with van der Waals surface area (Å²) in [7, 11) is 0. The normalized spacial score (nSPS) is 17.2. The standard InChI is InChI=1S/C17H27N3O/c1-2-11-18-17(21)19-14-16(15-9-5-3-6-10-15)20-12-7-4-8-13-20/h3,5-6,9-10,16H,2,4,7-8,11-14H2,1H3,(H2,18,19,21). The van der Waals surface area contributed by atoms with Crippen LogP contribution in [0.5, 0.6) is 0 Å². The number of rotatable bonds is 6. The van der Waals surface area contributed by atoms with E-state index in [1.165, 1.54) is 24.8 Å². The van der Waals surface area contributed by atoms with Gasteiger partial charge in [0.1, 0.15) is 0 Å². The average molecular weight is 289 g/mol.